The van der Waals surface area contributed by atoms with Crippen LogP contribution in [0.4, 0.5) is 23.4 Å². The first-order chi connectivity index (χ1) is 23.9. The Labute approximate surface area is 282 Å². The fourth-order valence-corrected chi connectivity index (χ4v) is 7.89. The molecule has 6 heterocycles. The molecule has 0 spiro atoms. The lowest BCUT2D eigenvalue weighted by atomic mass is 9.95. The third kappa shape index (κ3) is 5.81. The lowest BCUT2D eigenvalue weighted by Crippen LogP contribution is -2.44. The minimum absolute atomic E-state index is 0.00975. The van der Waals surface area contributed by atoms with Crippen LogP contribution in [0, 0.1) is 5.82 Å². The van der Waals surface area contributed by atoms with Crippen molar-refractivity contribution >= 4 is 28.3 Å². The summed E-state index contributed by atoms with van der Waals surface area (Å²) in [6, 6.07) is 10.7. The van der Waals surface area contributed by atoms with Crippen LogP contribution in [0.3, 0.4) is 0 Å². The van der Waals surface area contributed by atoms with Gasteiger partial charge in [-0.1, -0.05) is 41.9 Å². The van der Waals surface area contributed by atoms with Gasteiger partial charge in [0, 0.05) is 24.8 Å². The molecule has 48 heavy (non-hydrogen) atoms. The number of alkyl halides is 3. The van der Waals surface area contributed by atoms with Crippen LogP contribution in [-0.2, 0) is 17.5 Å². The van der Waals surface area contributed by atoms with Gasteiger partial charge in [-0.15, -0.1) is 0 Å². The molecule has 4 aliphatic heterocycles. The summed E-state index contributed by atoms with van der Waals surface area (Å²) in [5.74, 6) is -0.916. The highest BCUT2D eigenvalue weighted by Gasteiger charge is 2.45. The van der Waals surface area contributed by atoms with E-state index in [4.69, 9.17) is 28.6 Å². The summed E-state index contributed by atoms with van der Waals surface area (Å²) in [6.45, 7) is 0.156. The second kappa shape index (κ2) is 12.3. The molecule has 0 saturated carbocycles. The number of morpholine rings is 1. The lowest BCUT2D eigenvalue weighted by molar-refractivity contribution is -0.137. The summed E-state index contributed by atoms with van der Waals surface area (Å²) in [4.78, 5) is 17.2. The molecule has 2 aromatic carbocycles. The van der Waals surface area contributed by atoms with Crippen molar-refractivity contribution < 1.29 is 34.5 Å². The van der Waals surface area contributed by atoms with Crippen molar-refractivity contribution in [3.8, 4) is 23.0 Å². The number of fused-ring (bicyclic) bond motifs is 4. The molecule has 252 valence electrons. The maximum atomic E-state index is 16.9. The third-order valence-corrected chi connectivity index (χ3v) is 10.1. The maximum Gasteiger partial charge on any atom is 0.418 e. The SMILES string of the molecule is [2H]C([2H])(Oc1nc(N2CC3CCC(C2)O3)c2cnc(-c3cc(OCc4ccccc4)cc(Cl)c3C(F)(F)F)c(F)c2n1)C12CCCN1CCC2. The Bertz CT molecular complexity index is 1920. The van der Waals surface area contributed by atoms with Gasteiger partial charge in [-0.05, 0) is 69.3 Å². The van der Waals surface area contributed by atoms with Gasteiger partial charge >= 0.3 is 12.2 Å². The zero-order chi connectivity index (χ0) is 34.8. The first kappa shape index (κ1) is 29.2. The number of hydrogen-bond acceptors (Lipinski definition) is 8. The predicted molar refractivity (Wildman–Crippen MR) is 172 cm³/mol. The van der Waals surface area contributed by atoms with Gasteiger partial charge in [-0.3, -0.25) is 9.88 Å². The van der Waals surface area contributed by atoms with E-state index in [0.717, 1.165) is 56.5 Å². The summed E-state index contributed by atoms with van der Waals surface area (Å²) < 4.78 is 96.4. The first-order valence-corrected chi connectivity index (χ1v) is 16.6. The van der Waals surface area contributed by atoms with E-state index in [1.54, 1.807) is 24.3 Å². The standard InChI is InChI=1S/C35H34ClF4N5O3/c36-27-15-24(46-19-21-6-2-1-3-7-21)14-25(28(27)35(38,39)40)30-29(37)31-26(16-41-30)32(44-17-22-8-9-23(18-44)48-22)43-33(42-31)47-20-34-10-4-12-45(34)13-5-11-34/h1-3,6-7,14-16,22-23H,4-5,8-13,17-20H2/i20D2. The fraction of sp³-hybridized carbons (Fsp3) is 0.457. The van der Waals surface area contributed by atoms with E-state index in [1.807, 2.05) is 11.0 Å². The highest BCUT2D eigenvalue weighted by molar-refractivity contribution is 6.32. The van der Waals surface area contributed by atoms with Crippen molar-refractivity contribution in [2.75, 3.05) is 37.6 Å². The molecular weight excluding hydrogens is 650 g/mol. The van der Waals surface area contributed by atoms with Gasteiger partial charge in [0.25, 0.3) is 0 Å². The maximum absolute atomic E-state index is 16.9. The van der Waals surface area contributed by atoms with Gasteiger partial charge in [0.15, 0.2) is 5.82 Å². The van der Waals surface area contributed by atoms with Gasteiger partial charge in [-0.2, -0.15) is 23.1 Å². The lowest BCUT2D eigenvalue weighted by Gasteiger charge is -2.34. The zero-order valence-corrected chi connectivity index (χ0v) is 26.7. The van der Waals surface area contributed by atoms with E-state index in [9.17, 15) is 13.2 Å². The topological polar surface area (TPSA) is 72.8 Å². The van der Waals surface area contributed by atoms with E-state index in [-0.39, 0.29) is 41.3 Å². The molecule has 4 aliphatic rings. The largest absolute Gasteiger partial charge is 0.489 e. The van der Waals surface area contributed by atoms with Crippen molar-refractivity contribution in [1.29, 1.82) is 0 Å². The van der Waals surface area contributed by atoms with E-state index in [2.05, 4.69) is 19.9 Å². The highest BCUT2D eigenvalue weighted by atomic mass is 35.5. The number of benzene rings is 2. The Kier molecular flexibility index (Phi) is 7.48. The summed E-state index contributed by atoms with van der Waals surface area (Å²) in [7, 11) is 0. The number of anilines is 1. The van der Waals surface area contributed by atoms with E-state index in [0.29, 0.717) is 25.9 Å². The number of hydrogen-bond donors (Lipinski definition) is 0. The van der Waals surface area contributed by atoms with Crippen molar-refractivity contribution in [3.63, 3.8) is 0 Å². The second-order valence-corrected chi connectivity index (χ2v) is 13.3. The Hall–Kier alpha value is -3.74. The normalized spacial score (nSPS) is 22.9. The molecule has 2 bridgehead atoms. The average Bonchev–Trinajstić information content (AvgIpc) is 3.78. The van der Waals surface area contributed by atoms with Crippen LogP contribution < -0.4 is 14.4 Å². The Balaban J connectivity index is 1.25. The molecular formula is C35H34ClF4N5O3. The number of ether oxygens (including phenoxy) is 3. The van der Waals surface area contributed by atoms with Crippen LogP contribution in [0.2, 0.25) is 5.02 Å². The molecule has 13 heteroatoms. The summed E-state index contributed by atoms with van der Waals surface area (Å²) in [5, 5.41) is -0.529. The molecule has 8 rings (SSSR count). The molecule has 2 unspecified atom stereocenters. The van der Waals surface area contributed by atoms with Crippen molar-refractivity contribution in [3.05, 3.63) is 70.6 Å². The monoisotopic (exact) mass is 685 g/mol. The molecule has 0 aliphatic carbocycles. The number of halogens is 5. The number of nitrogens with zero attached hydrogens (tertiary/aromatic N) is 5. The molecule has 4 aromatic rings. The molecule has 4 fully saturated rings. The number of pyridine rings is 1. The van der Waals surface area contributed by atoms with Gasteiger partial charge in [0.1, 0.15) is 35.9 Å². The Morgan fingerprint density at radius 3 is 2.46 bits per heavy atom. The highest BCUT2D eigenvalue weighted by Crippen LogP contribution is 2.45. The van der Waals surface area contributed by atoms with Crippen LogP contribution >= 0.6 is 11.6 Å². The fourth-order valence-electron chi connectivity index (χ4n) is 7.58. The average molecular weight is 686 g/mol. The third-order valence-electron chi connectivity index (χ3n) is 9.81. The van der Waals surface area contributed by atoms with E-state index in [1.165, 1.54) is 6.20 Å². The van der Waals surface area contributed by atoms with Gasteiger partial charge < -0.3 is 19.1 Å². The Morgan fingerprint density at radius 1 is 1.02 bits per heavy atom. The van der Waals surface area contributed by atoms with Crippen LogP contribution in [0.25, 0.3) is 22.2 Å². The van der Waals surface area contributed by atoms with Crippen LogP contribution in [0.1, 0.15) is 52.4 Å². The number of aromatic nitrogens is 3. The first-order valence-electron chi connectivity index (χ1n) is 17.2. The summed E-state index contributed by atoms with van der Waals surface area (Å²) in [6.07, 6.45) is 0.602. The van der Waals surface area contributed by atoms with Crippen LogP contribution in [0.15, 0.2) is 48.7 Å². The molecule has 8 nitrogen and oxygen atoms in total. The minimum atomic E-state index is -4.96. The van der Waals surface area contributed by atoms with Crippen molar-refractivity contribution in [2.24, 2.45) is 0 Å². The van der Waals surface area contributed by atoms with Gasteiger partial charge in [0.2, 0.25) is 0 Å². The van der Waals surface area contributed by atoms with Crippen molar-refractivity contribution in [2.45, 2.75) is 69.1 Å². The molecule has 0 amide bonds. The second-order valence-electron chi connectivity index (χ2n) is 12.9. The van der Waals surface area contributed by atoms with E-state index < -0.39 is 51.9 Å². The summed E-state index contributed by atoms with van der Waals surface area (Å²) in [5.41, 5.74) is -3.01. The predicted octanol–water partition coefficient (Wildman–Crippen LogP) is 7.46. The van der Waals surface area contributed by atoms with E-state index >= 15 is 4.39 Å². The zero-order valence-electron chi connectivity index (χ0n) is 27.9. The Morgan fingerprint density at radius 2 is 1.75 bits per heavy atom. The molecule has 0 radical (unpaired) electrons. The number of rotatable bonds is 8. The smallest absolute Gasteiger partial charge is 0.418 e. The van der Waals surface area contributed by atoms with Gasteiger partial charge in [-0.25, -0.2) is 4.39 Å². The summed E-state index contributed by atoms with van der Waals surface area (Å²) >= 11 is 6.23. The molecule has 2 aromatic heterocycles. The van der Waals surface area contributed by atoms with Gasteiger partial charge in [0.05, 0.1) is 36.5 Å². The molecule has 0 N–H and O–H groups in total. The van der Waals surface area contributed by atoms with Crippen molar-refractivity contribution in [1.82, 2.24) is 19.9 Å². The quantitative estimate of drug-likeness (QED) is 0.177. The minimum Gasteiger partial charge on any atom is -0.489 e. The molecule has 4 saturated heterocycles. The van der Waals surface area contributed by atoms with Crippen LogP contribution in [-0.4, -0.2) is 70.3 Å². The molecule has 2 atom stereocenters. The van der Waals surface area contributed by atoms with Crippen LogP contribution in [0.5, 0.6) is 11.8 Å².